The topological polar surface area (TPSA) is 105 Å². The molecule has 29 heavy (non-hydrogen) atoms. The normalized spacial score (nSPS) is 11.8. The summed E-state index contributed by atoms with van der Waals surface area (Å²) >= 11 is 0. The van der Waals surface area contributed by atoms with E-state index < -0.39 is 11.7 Å². The number of hydrogen-bond donors (Lipinski definition) is 3. The Balaban J connectivity index is 1.82. The summed E-state index contributed by atoms with van der Waals surface area (Å²) in [4.78, 5) is 20.5. The number of nitrogens with one attached hydrogen (secondary N) is 3. The molecular weight excluding hydrogens is 370 g/mol. The van der Waals surface area contributed by atoms with Gasteiger partial charge >= 0.3 is 6.09 Å². The number of rotatable bonds is 7. The average Bonchev–Trinajstić information content (AvgIpc) is 3.04. The van der Waals surface area contributed by atoms with Gasteiger partial charge in [-0.15, -0.1) is 0 Å². The van der Waals surface area contributed by atoms with E-state index in [-0.39, 0.29) is 0 Å². The maximum Gasteiger partial charge on any atom is 0.412 e. The fraction of sp³-hybridized carbons (Fsp3) is 0.500. The Kier molecular flexibility index (Phi) is 7.99. The average molecular weight is 402 g/mol. The minimum absolute atomic E-state index is 0.455. The predicted octanol–water partition coefficient (Wildman–Crippen LogP) is 2.46. The first-order valence-corrected chi connectivity index (χ1v) is 9.71. The maximum absolute atomic E-state index is 11.8. The third-order valence-corrected chi connectivity index (χ3v) is 3.83. The molecular formula is C20H31N7O2. The predicted molar refractivity (Wildman–Crippen MR) is 114 cm³/mol. The lowest BCUT2D eigenvalue weighted by molar-refractivity contribution is 0.0636. The van der Waals surface area contributed by atoms with E-state index in [9.17, 15) is 4.79 Å². The zero-order valence-electron chi connectivity index (χ0n) is 17.8. The van der Waals surface area contributed by atoms with E-state index >= 15 is 0 Å². The number of anilines is 1. The highest BCUT2D eigenvalue weighted by molar-refractivity contribution is 5.84. The van der Waals surface area contributed by atoms with Crippen molar-refractivity contribution in [3.05, 3.63) is 42.0 Å². The minimum Gasteiger partial charge on any atom is -0.444 e. The molecule has 9 heteroatoms. The van der Waals surface area contributed by atoms with Crippen LogP contribution in [0.25, 0.3) is 0 Å². The molecule has 0 saturated carbocycles. The number of guanidine groups is 1. The third kappa shape index (κ3) is 8.20. The number of carbonyl (C=O) groups is 1. The van der Waals surface area contributed by atoms with Gasteiger partial charge in [0.05, 0.1) is 0 Å². The number of aryl methyl sites for hydroxylation is 1. The Hall–Kier alpha value is -3.10. The quantitative estimate of drug-likeness (QED) is 0.486. The van der Waals surface area contributed by atoms with Gasteiger partial charge in [0.1, 0.15) is 24.3 Å². The molecule has 1 aromatic heterocycles. The van der Waals surface area contributed by atoms with Gasteiger partial charge in [0.15, 0.2) is 5.96 Å². The maximum atomic E-state index is 11.8. The Morgan fingerprint density at radius 3 is 2.52 bits per heavy atom. The van der Waals surface area contributed by atoms with Crippen LogP contribution in [0.15, 0.2) is 35.6 Å². The molecule has 1 heterocycles. The smallest absolute Gasteiger partial charge is 0.412 e. The van der Waals surface area contributed by atoms with Gasteiger partial charge in [-0.3, -0.25) is 10.00 Å². The lowest BCUT2D eigenvalue weighted by Gasteiger charge is -2.19. The molecule has 9 nitrogen and oxygen atoms in total. The van der Waals surface area contributed by atoms with E-state index in [1.54, 1.807) is 4.68 Å². The second-order valence-corrected chi connectivity index (χ2v) is 7.50. The van der Waals surface area contributed by atoms with Crippen LogP contribution < -0.4 is 16.0 Å². The number of ether oxygens (including phenoxy) is 1. The first-order valence-electron chi connectivity index (χ1n) is 9.71. The highest BCUT2D eigenvalue weighted by atomic mass is 16.6. The van der Waals surface area contributed by atoms with Crippen molar-refractivity contribution in [2.75, 3.05) is 18.4 Å². The van der Waals surface area contributed by atoms with Gasteiger partial charge in [-0.1, -0.05) is 12.1 Å². The van der Waals surface area contributed by atoms with Crippen LogP contribution in [0.3, 0.4) is 0 Å². The molecule has 3 N–H and O–H groups in total. The summed E-state index contributed by atoms with van der Waals surface area (Å²) in [5.74, 6) is 1.54. The molecule has 1 amide bonds. The van der Waals surface area contributed by atoms with Gasteiger partial charge < -0.3 is 15.4 Å². The number of amides is 1. The van der Waals surface area contributed by atoms with E-state index in [1.807, 2.05) is 59.0 Å². The van der Waals surface area contributed by atoms with E-state index in [0.29, 0.717) is 12.2 Å². The summed E-state index contributed by atoms with van der Waals surface area (Å²) < 4.78 is 6.96. The Morgan fingerprint density at radius 2 is 1.93 bits per heavy atom. The summed E-state index contributed by atoms with van der Waals surface area (Å²) in [5.41, 5.74) is 1.33. The zero-order chi connectivity index (χ0) is 21.3. The number of carbonyl (C=O) groups excluding carboxylic acids is 1. The second-order valence-electron chi connectivity index (χ2n) is 7.50. The van der Waals surface area contributed by atoms with Gasteiger partial charge in [0.25, 0.3) is 0 Å². The standard InChI is InChI=1S/C20H31N7O2/c1-6-21-18(23-13-17-24-14-25-27(17)5)22-12-11-15-7-9-16(10-8-15)26-19(28)29-20(2,3)4/h7-10,14H,6,11-13H2,1-5H3,(H,26,28)(H2,21,22,23). The zero-order valence-corrected chi connectivity index (χ0v) is 17.8. The molecule has 0 radical (unpaired) electrons. The van der Waals surface area contributed by atoms with Crippen molar-refractivity contribution in [2.45, 2.75) is 46.3 Å². The van der Waals surface area contributed by atoms with Gasteiger partial charge in [0.2, 0.25) is 0 Å². The van der Waals surface area contributed by atoms with Crippen LogP contribution in [0.4, 0.5) is 10.5 Å². The molecule has 2 rings (SSSR count). The first kappa shape index (κ1) is 22.2. The number of aromatic nitrogens is 3. The summed E-state index contributed by atoms with van der Waals surface area (Å²) in [6.45, 7) is 9.48. The van der Waals surface area contributed by atoms with Crippen molar-refractivity contribution in [2.24, 2.45) is 12.0 Å². The van der Waals surface area contributed by atoms with E-state index in [1.165, 1.54) is 6.33 Å². The van der Waals surface area contributed by atoms with E-state index in [0.717, 1.165) is 36.9 Å². The van der Waals surface area contributed by atoms with Crippen molar-refractivity contribution in [3.63, 3.8) is 0 Å². The summed E-state index contributed by atoms with van der Waals surface area (Å²) in [6, 6.07) is 7.70. The highest BCUT2D eigenvalue weighted by Crippen LogP contribution is 2.13. The Labute approximate surface area is 172 Å². The van der Waals surface area contributed by atoms with Crippen molar-refractivity contribution in [1.29, 1.82) is 0 Å². The number of aliphatic imine (C=N–C) groups is 1. The van der Waals surface area contributed by atoms with Crippen LogP contribution in [0.2, 0.25) is 0 Å². The largest absolute Gasteiger partial charge is 0.444 e. The molecule has 0 spiro atoms. The SMILES string of the molecule is CCNC(=NCc1ncnn1C)NCCc1ccc(NC(=O)OC(C)(C)C)cc1. The molecule has 0 unspecified atom stereocenters. The second kappa shape index (κ2) is 10.4. The highest BCUT2D eigenvalue weighted by Gasteiger charge is 2.16. The van der Waals surface area contributed by atoms with Crippen molar-refractivity contribution >= 4 is 17.7 Å². The van der Waals surface area contributed by atoms with E-state index in [2.05, 4.69) is 31.0 Å². The molecule has 158 valence electrons. The number of benzene rings is 1. The van der Waals surface area contributed by atoms with Crippen LogP contribution in [-0.2, 0) is 24.8 Å². The van der Waals surface area contributed by atoms with Crippen molar-refractivity contribution in [1.82, 2.24) is 25.4 Å². The molecule has 0 aliphatic heterocycles. The van der Waals surface area contributed by atoms with Gasteiger partial charge in [0, 0.05) is 25.8 Å². The molecule has 1 aromatic carbocycles. The van der Waals surface area contributed by atoms with Crippen LogP contribution in [0.5, 0.6) is 0 Å². The van der Waals surface area contributed by atoms with Crippen LogP contribution >= 0.6 is 0 Å². The Bertz CT molecular complexity index is 807. The molecule has 0 atom stereocenters. The van der Waals surface area contributed by atoms with Gasteiger partial charge in [-0.2, -0.15) is 5.10 Å². The minimum atomic E-state index is -0.520. The third-order valence-electron chi connectivity index (χ3n) is 3.83. The number of nitrogens with zero attached hydrogens (tertiary/aromatic N) is 4. The van der Waals surface area contributed by atoms with Gasteiger partial charge in [-0.05, 0) is 51.8 Å². The fourth-order valence-corrected chi connectivity index (χ4v) is 2.46. The summed E-state index contributed by atoms with van der Waals surface area (Å²) in [7, 11) is 1.85. The number of hydrogen-bond acceptors (Lipinski definition) is 5. The summed E-state index contributed by atoms with van der Waals surface area (Å²) in [6.07, 6.45) is 1.88. The van der Waals surface area contributed by atoms with Crippen LogP contribution in [0, 0.1) is 0 Å². The van der Waals surface area contributed by atoms with Crippen LogP contribution in [-0.4, -0.2) is 45.5 Å². The monoisotopic (exact) mass is 401 g/mol. The molecule has 0 fully saturated rings. The molecule has 0 bridgehead atoms. The molecule has 0 aliphatic rings. The summed E-state index contributed by atoms with van der Waals surface area (Å²) in [5, 5.41) is 13.3. The Morgan fingerprint density at radius 1 is 1.21 bits per heavy atom. The van der Waals surface area contributed by atoms with E-state index in [4.69, 9.17) is 4.74 Å². The first-order chi connectivity index (χ1) is 13.8. The molecule has 0 saturated heterocycles. The lowest BCUT2D eigenvalue weighted by Crippen LogP contribution is -2.38. The van der Waals surface area contributed by atoms with Crippen molar-refractivity contribution < 1.29 is 9.53 Å². The molecule has 2 aromatic rings. The van der Waals surface area contributed by atoms with Gasteiger partial charge in [-0.25, -0.2) is 14.8 Å². The van der Waals surface area contributed by atoms with Crippen molar-refractivity contribution in [3.8, 4) is 0 Å². The fourth-order valence-electron chi connectivity index (χ4n) is 2.46. The van der Waals surface area contributed by atoms with Crippen LogP contribution in [0.1, 0.15) is 39.1 Å². The lowest BCUT2D eigenvalue weighted by atomic mass is 10.1. The molecule has 0 aliphatic carbocycles.